The molecule has 0 bridgehead atoms. The van der Waals surface area contributed by atoms with Crippen LogP contribution in [0.3, 0.4) is 0 Å². The zero-order chi connectivity index (χ0) is 12.3. The van der Waals surface area contributed by atoms with Gasteiger partial charge in [-0.05, 0) is 18.5 Å². The maximum atomic E-state index is 11.5. The molecule has 3 nitrogen and oxygen atoms in total. The molecule has 1 aliphatic rings. The van der Waals surface area contributed by atoms with E-state index in [-0.39, 0.29) is 6.04 Å². The van der Waals surface area contributed by atoms with Gasteiger partial charge in [-0.25, -0.2) is 8.42 Å². The Morgan fingerprint density at radius 3 is 2.53 bits per heavy atom. The maximum Gasteiger partial charge on any atom is 0.151 e. The number of rotatable bonds is 4. The van der Waals surface area contributed by atoms with Crippen molar-refractivity contribution in [2.75, 3.05) is 18.1 Å². The number of hydrogen-bond acceptors (Lipinski definition) is 3. The van der Waals surface area contributed by atoms with E-state index in [1.54, 1.807) is 0 Å². The average Bonchev–Trinajstić information content (AvgIpc) is 2.68. The predicted octanol–water partition coefficient (Wildman–Crippen LogP) is 1.70. The lowest BCUT2D eigenvalue weighted by Crippen LogP contribution is -2.35. The number of sulfone groups is 1. The lowest BCUT2D eigenvalue weighted by molar-refractivity contribution is 0.215. The Bertz CT molecular complexity index is 456. The van der Waals surface area contributed by atoms with Gasteiger partial charge in [-0.3, -0.25) is 4.90 Å². The number of nitrogens with zero attached hydrogens (tertiary/aromatic N) is 1. The highest BCUT2D eigenvalue weighted by Gasteiger charge is 2.31. The summed E-state index contributed by atoms with van der Waals surface area (Å²) >= 11 is 0. The molecule has 1 aromatic carbocycles. The van der Waals surface area contributed by atoms with E-state index in [4.69, 9.17) is 0 Å². The fourth-order valence-corrected chi connectivity index (χ4v) is 4.14. The van der Waals surface area contributed by atoms with Crippen LogP contribution < -0.4 is 0 Å². The zero-order valence-electron chi connectivity index (χ0n) is 10.2. The third kappa shape index (κ3) is 3.30. The van der Waals surface area contributed by atoms with Gasteiger partial charge in [0.2, 0.25) is 0 Å². The molecular formula is C13H19NO2S. The predicted molar refractivity (Wildman–Crippen MR) is 69.6 cm³/mol. The molecular weight excluding hydrogens is 234 g/mol. The van der Waals surface area contributed by atoms with E-state index in [1.165, 1.54) is 5.56 Å². The SMILES string of the molecule is CCN(Cc1ccccc1)[C@H]1CCS(=O)(=O)C1. The summed E-state index contributed by atoms with van der Waals surface area (Å²) in [5, 5.41) is 0. The first-order valence-corrected chi connectivity index (χ1v) is 7.91. The van der Waals surface area contributed by atoms with Crippen LogP contribution in [0.25, 0.3) is 0 Å². The van der Waals surface area contributed by atoms with E-state index < -0.39 is 9.84 Å². The van der Waals surface area contributed by atoms with Gasteiger partial charge >= 0.3 is 0 Å². The van der Waals surface area contributed by atoms with E-state index in [0.29, 0.717) is 11.5 Å². The molecule has 1 fully saturated rings. The van der Waals surface area contributed by atoms with Crippen molar-refractivity contribution in [1.82, 2.24) is 4.90 Å². The third-order valence-electron chi connectivity index (χ3n) is 3.36. The molecule has 0 unspecified atom stereocenters. The third-order valence-corrected chi connectivity index (χ3v) is 5.11. The molecule has 4 heteroatoms. The molecule has 94 valence electrons. The Labute approximate surface area is 103 Å². The van der Waals surface area contributed by atoms with Crippen molar-refractivity contribution in [3.63, 3.8) is 0 Å². The first kappa shape index (κ1) is 12.6. The molecule has 17 heavy (non-hydrogen) atoms. The Kier molecular flexibility index (Phi) is 3.84. The smallest absolute Gasteiger partial charge is 0.151 e. The molecule has 0 aliphatic carbocycles. The Morgan fingerprint density at radius 2 is 2.00 bits per heavy atom. The topological polar surface area (TPSA) is 37.4 Å². The molecule has 0 saturated carbocycles. The van der Waals surface area contributed by atoms with Crippen LogP contribution in [-0.4, -0.2) is 37.4 Å². The van der Waals surface area contributed by atoms with Crippen LogP contribution in [-0.2, 0) is 16.4 Å². The van der Waals surface area contributed by atoms with Gasteiger partial charge in [-0.2, -0.15) is 0 Å². The van der Waals surface area contributed by atoms with Crippen LogP contribution in [0.4, 0.5) is 0 Å². The molecule has 1 aliphatic heterocycles. The van der Waals surface area contributed by atoms with E-state index in [0.717, 1.165) is 19.5 Å². The Hall–Kier alpha value is -0.870. The van der Waals surface area contributed by atoms with Gasteiger partial charge < -0.3 is 0 Å². The molecule has 0 spiro atoms. The van der Waals surface area contributed by atoms with Crippen molar-refractivity contribution in [3.05, 3.63) is 35.9 Å². The van der Waals surface area contributed by atoms with Gasteiger partial charge in [0.05, 0.1) is 11.5 Å². The quantitative estimate of drug-likeness (QED) is 0.819. The lowest BCUT2D eigenvalue weighted by atomic mass is 10.1. The van der Waals surface area contributed by atoms with Gasteiger partial charge in [0.15, 0.2) is 9.84 Å². The van der Waals surface area contributed by atoms with Crippen molar-refractivity contribution in [3.8, 4) is 0 Å². The summed E-state index contributed by atoms with van der Waals surface area (Å²) in [4.78, 5) is 2.26. The minimum atomic E-state index is -2.78. The van der Waals surface area contributed by atoms with Crippen LogP contribution in [0.2, 0.25) is 0 Å². The molecule has 1 aromatic rings. The standard InChI is InChI=1S/C13H19NO2S/c1-2-14(10-12-6-4-3-5-7-12)13-8-9-17(15,16)11-13/h3-7,13H,2,8-11H2,1H3/t13-/m0/s1. The summed E-state index contributed by atoms with van der Waals surface area (Å²) < 4.78 is 23.0. The monoisotopic (exact) mass is 253 g/mol. The van der Waals surface area contributed by atoms with Gasteiger partial charge in [0.1, 0.15) is 0 Å². The molecule has 1 saturated heterocycles. The van der Waals surface area contributed by atoms with Gasteiger partial charge in [-0.15, -0.1) is 0 Å². The molecule has 1 heterocycles. The summed E-state index contributed by atoms with van der Waals surface area (Å²) in [6.07, 6.45) is 0.781. The van der Waals surface area contributed by atoms with Gasteiger partial charge in [-0.1, -0.05) is 37.3 Å². The number of benzene rings is 1. The second kappa shape index (κ2) is 5.19. The fraction of sp³-hybridized carbons (Fsp3) is 0.538. The van der Waals surface area contributed by atoms with Gasteiger partial charge in [0.25, 0.3) is 0 Å². The van der Waals surface area contributed by atoms with Crippen LogP contribution in [0.1, 0.15) is 18.9 Å². The molecule has 0 radical (unpaired) electrons. The van der Waals surface area contributed by atoms with Crippen molar-refractivity contribution < 1.29 is 8.42 Å². The first-order chi connectivity index (χ1) is 8.11. The highest BCUT2D eigenvalue weighted by molar-refractivity contribution is 7.91. The summed E-state index contributed by atoms with van der Waals surface area (Å²) in [5.41, 5.74) is 1.25. The minimum absolute atomic E-state index is 0.199. The maximum absolute atomic E-state index is 11.5. The molecule has 0 N–H and O–H groups in total. The highest BCUT2D eigenvalue weighted by atomic mass is 32.2. The van der Waals surface area contributed by atoms with Crippen LogP contribution >= 0.6 is 0 Å². The summed E-state index contributed by atoms with van der Waals surface area (Å²) in [6.45, 7) is 3.83. The Morgan fingerprint density at radius 1 is 1.29 bits per heavy atom. The summed E-state index contributed by atoms with van der Waals surface area (Å²) in [5.74, 6) is 0.677. The summed E-state index contributed by atoms with van der Waals surface area (Å²) in [7, 11) is -2.78. The van der Waals surface area contributed by atoms with Crippen LogP contribution in [0, 0.1) is 0 Å². The van der Waals surface area contributed by atoms with Crippen molar-refractivity contribution in [2.24, 2.45) is 0 Å². The molecule has 1 atom stereocenters. The number of hydrogen-bond donors (Lipinski definition) is 0. The van der Waals surface area contributed by atoms with Crippen molar-refractivity contribution in [2.45, 2.75) is 25.9 Å². The Balaban J connectivity index is 2.03. The van der Waals surface area contributed by atoms with Crippen molar-refractivity contribution >= 4 is 9.84 Å². The molecule has 0 aromatic heterocycles. The summed E-state index contributed by atoms with van der Waals surface area (Å²) in [6, 6.07) is 10.4. The van der Waals surface area contributed by atoms with Gasteiger partial charge in [0, 0.05) is 12.6 Å². The van der Waals surface area contributed by atoms with Crippen molar-refractivity contribution in [1.29, 1.82) is 0 Å². The second-order valence-electron chi connectivity index (χ2n) is 4.61. The normalized spacial score (nSPS) is 23.1. The zero-order valence-corrected chi connectivity index (χ0v) is 11.0. The van der Waals surface area contributed by atoms with E-state index in [1.807, 2.05) is 18.2 Å². The van der Waals surface area contributed by atoms with Crippen LogP contribution in [0.15, 0.2) is 30.3 Å². The lowest BCUT2D eigenvalue weighted by Gasteiger charge is -2.26. The first-order valence-electron chi connectivity index (χ1n) is 6.09. The van der Waals surface area contributed by atoms with E-state index >= 15 is 0 Å². The van der Waals surface area contributed by atoms with E-state index in [2.05, 4.69) is 24.0 Å². The molecule has 0 amide bonds. The fourth-order valence-electron chi connectivity index (χ4n) is 2.38. The largest absolute Gasteiger partial charge is 0.295 e. The molecule has 2 rings (SSSR count). The highest BCUT2D eigenvalue weighted by Crippen LogP contribution is 2.19. The average molecular weight is 253 g/mol. The van der Waals surface area contributed by atoms with Crippen LogP contribution in [0.5, 0.6) is 0 Å². The second-order valence-corrected chi connectivity index (χ2v) is 6.83. The minimum Gasteiger partial charge on any atom is -0.295 e. The van der Waals surface area contributed by atoms with E-state index in [9.17, 15) is 8.42 Å².